The normalized spacial score (nSPS) is 22.9. The van der Waals surface area contributed by atoms with Crippen LogP contribution in [0.5, 0.6) is 0 Å². The Morgan fingerprint density at radius 1 is 1.23 bits per heavy atom. The lowest BCUT2D eigenvalue weighted by Gasteiger charge is -2.36. The molecule has 3 heterocycles. The first-order chi connectivity index (χ1) is 12.5. The molecule has 1 aromatic rings. The van der Waals surface area contributed by atoms with Gasteiger partial charge in [0.25, 0.3) is 0 Å². The van der Waals surface area contributed by atoms with E-state index in [2.05, 4.69) is 51.6 Å². The quantitative estimate of drug-likeness (QED) is 0.776. The molecule has 3 rings (SSSR count). The molecule has 0 unspecified atom stereocenters. The number of likely N-dealkylation sites (tertiary alicyclic amines) is 2. The van der Waals surface area contributed by atoms with Gasteiger partial charge in [-0.1, -0.05) is 0 Å². The summed E-state index contributed by atoms with van der Waals surface area (Å²) in [4.78, 5) is 24.1. The lowest BCUT2D eigenvalue weighted by atomic mass is 9.92. The average Bonchev–Trinajstić information content (AvgIpc) is 3.09. The highest BCUT2D eigenvalue weighted by Crippen LogP contribution is 2.29. The van der Waals surface area contributed by atoms with Gasteiger partial charge >= 0.3 is 0 Å². The minimum Gasteiger partial charge on any atom is -0.342 e. The second-order valence-electron chi connectivity index (χ2n) is 8.34. The Balaban J connectivity index is 1.51. The van der Waals surface area contributed by atoms with Gasteiger partial charge in [-0.05, 0) is 66.3 Å². The van der Waals surface area contributed by atoms with Crippen LogP contribution in [0.15, 0.2) is 12.4 Å². The van der Waals surface area contributed by atoms with Gasteiger partial charge in [-0.25, -0.2) is 4.98 Å². The molecule has 1 aromatic heterocycles. The zero-order valence-corrected chi connectivity index (χ0v) is 16.7. The van der Waals surface area contributed by atoms with E-state index in [1.807, 2.05) is 6.20 Å². The van der Waals surface area contributed by atoms with Crippen molar-refractivity contribution < 1.29 is 4.79 Å². The third-order valence-electron chi connectivity index (χ3n) is 5.90. The van der Waals surface area contributed by atoms with Crippen molar-refractivity contribution in [3.8, 4) is 0 Å². The summed E-state index contributed by atoms with van der Waals surface area (Å²) in [6.45, 7) is 5.95. The van der Waals surface area contributed by atoms with Crippen LogP contribution in [0.1, 0.15) is 43.8 Å². The molecular formula is C20H35N5O. The summed E-state index contributed by atoms with van der Waals surface area (Å²) >= 11 is 0. The molecule has 6 heteroatoms. The molecule has 0 bridgehead atoms. The summed E-state index contributed by atoms with van der Waals surface area (Å²) in [5, 5.41) is 0. The second kappa shape index (κ2) is 9.00. The van der Waals surface area contributed by atoms with Crippen molar-refractivity contribution in [2.24, 2.45) is 5.92 Å². The first-order valence-electron chi connectivity index (χ1n) is 10.2. The predicted molar refractivity (Wildman–Crippen MR) is 104 cm³/mol. The van der Waals surface area contributed by atoms with Gasteiger partial charge in [-0.2, -0.15) is 0 Å². The van der Waals surface area contributed by atoms with Crippen molar-refractivity contribution in [3.05, 3.63) is 18.2 Å². The van der Waals surface area contributed by atoms with E-state index in [1.165, 1.54) is 5.82 Å². The van der Waals surface area contributed by atoms with E-state index < -0.39 is 0 Å². The molecule has 1 amide bonds. The molecule has 0 radical (unpaired) electrons. The SMILES string of the molecule is CN(C)CCCn1ccnc1C1CCN(C(=O)[C@H]2CCCN(C)C2)CC1. The second-order valence-corrected chi connectivity index (χ2v) is 8.34. The van der Waals surface area contributed by atoms with Crippen molar-refractivity contribution in [1.29, 1.82) is 0 Å². The summed E-state index contributed by atoms with van der Waals surface area (Å²) in [6.07, 6.45) is 9.47. The van der Waals surface area contributed by atoms with Crippen LogP contribution in [0, 0.1) is 5.92 Å². The molecule has 6 nitrogen and oxygen atoms in total. The van der Waals surface area contributed by atoms with E-state index in [1.54, 1.807) is 0 Å². The van der Waals surface area contributed by atoms with E-state index >= 15 is 0 Å². The molecule has 0 spiro atoms. The number of amides is 1. The largest absolute Gasteiger partial charge is 0.342 e. The van der Waals surface area contributed by atoms with Crippen LogP contribution in [-0.4, -0.2) is 84.0 Å². The number of carbonyl (C=O) groups excluding carboxylic acids is 1. The zero-order chi connectivity index (χ0) is 18.5. The monoisotopic (exact) mass is 361 g/mol. The van der Waals surface area contributed by atoms with Gasteiger partial charge in [0.2, 0.25) is 5.91 Å². The number of hydrogen-bond acceptors (Lipinski definition) is 4. The van der Waals surface area contributed by atoms with Gasteiger partial charge in [-0.15, -0.1) is 0 Å². The number of rotatable bonds is 6. The predicted octanol–water partition coefficient (Wildman–Crippen LogP) is 1.88. The lowest BCUT2D eigenvalue weighted by Crippen LogP contribution is -2.46. The molecule has 2 saturated heterocycles. The van der Waals surface area contributed by atoms with E-state index in [0.717, 1.165) is 71.4 Å². The van der Waals surface area contributed by atoms with Gasteiger partial charge in [0.05, 0.1) is 5.92 Å². The van der Waals surface area contributed by atoms with Crippen molar-refractivity contribution in [1.82, 2.24) is 24.3 Å². The minimum atomic E-state index is 0.207. The van der Waals surface area contributed by atoms with Gasteiger partial charge in [0.1, 0.15) is 5.82 Å². The first-order valence-corrected chi connectivity index (χ1v) is 10.2. The average molecular weight is 362 g/mol. The smallest absolute Gasteiger partial charge is 0.226 e. The van der Waals surface area contributed by atoms with Crippen LogP contribution in [-0.2, 0) is 11.3 Å². The Bertz CT molecular complexity index is 577. The first kappa shape index (κ1) is 19.4. The van der Waals surface area contributed by atoms with Crippen LogP contribution in [0.4, 0.5) is 0 Å². The number of aryl methyl sites for hydroxylation is 1. The maximum absolute atomic E-state index is 12.8. The van der Waals surface area contributed by atoms with Crippen molar-refractivity contribution in [3.63, 3.8) is 0 Å². The number of carbonyl (C=O) groups is 1. The fourth-order valence-corrected chi connectivity index (χ4v) is 4.41. The third kappa shape index (κ3) is 4.86. The standard InChI is InChI=1S/C20H35N5O/c1-22(2)10-5-12-24-15-9-21-19(24)17-7-13-25(14-8-17)20(26)18-6-4-11-23(3)16-18/h9,15,17-18H,4-8,10-14,16H2,1-3H3/t18-/m0/s1. The minimum absolute atomic E-state index is 0.207. The topological polar surface area (TPSA) is 44.6 Å². The molecule has 146 valence electrons. The van der Waals surface area contributed by atoms with Crippen molar-refractivity contribution >= 4 is 5.91 Å². The van der Waals surface area contributed by atoms with E-state index in [4.69, 9.17) is 0 Å². The highest BCUT2D eigenvalue weighted by Gasteiger charge is 2.31. The molecule has 2 fully saturated rings. The molecule has 2 aliphatic heterocycles. The van der Waals surface area contributed by atoms with Crippen LogP contribution >= 0.6 is 0 Å². The third-order valence-corrected chi connectivity index (χ3v) is 5.90. The number of piperidine rings is 2. The van der Waals surface area contributed by atoms with Gasteiger partial charge in [0, 0.05) is 44.5 Å². The van der Waals surface area contributed by atoms with Crippen LogP contribution in [0.3, 0.4) is 0 Å². The Kier molecular flexibility index (Phi) is 6.70. The fourth-order valence-electron chi connectivity index (χ4n) is 4.41. The van der Waals surface area contributed by atoms with Gasteiger partial charge in [-0.3, -0.25) is 4.79 Å². The van der Waals surface area contributed by atoms with Crippen molar-refractivity contribution in [2.75, 3.05) is 53.9 Å². The van der Waals surface area contributed by atoms with Crippen LogP contribution in [0.2, 0.25) is 0 Å². The number of nitrogens with zero attached hydrogens (tertiary/aromatic N) is 5. The zero-order valence-electron chi connectivity index (χ0n) is 16.7. The Morgan fingerprint density at radius 3 is 2.69 bits per heavy atom. The van der Waals surface area contributed by atoms with Crippen LogP contribution < -0.4 is 0 Å². The molecule has 26 heavy (non-hydrogen) atoms. The number of aromatic nitrogens is 2. The van der Waals surface area contributed by atoms with Gasteiger partial charge < -0.3 is 19.3 Å². The molecule has 0 aliphatic carbocycles. The maximum atomic E-state index is 12.8. The molecular weight excluding hydrogens is 326 g/mol. The molecule has 0 N–H and O–H groups in total. The Morgan fingerprint density at radius 2 is 2.00 bits per heavy atom. The van der Waals surface area contributed by atoms with E-state index in [0.29, 0.717) is 11.8 Å². The summed E-state index contributed by atoms with van der Waals surface area (Å²) in [5.41, 5.74) is 0. The highest BCUT2D eigenvalue weighted by molar-refractivity contribution is 5.79. The summed E-state index contributed by atoms with van der Waals surface area (Å²) in [6, 6.07) is 0. The van der Waals surface area contributed by atoms with Crippen LogP contribution in [0.25, 0.3) is 0 Å². The molecule has 2 aliphatic rings. The maximum Gasteiger partial charge on any atom is 0.226 e. The fraction of sp³-hybridized carbons (Fsp3) is 0.800. The Labute approximate surface area is 158 Å². The van der Waals surface area contributed by atoms with Gasteiger partial charge in [0.15, 0.2) is 0 Å². The molecule has 0 aromatic carbocycles. The summed E-state index contributed by atoms with van der Waals surface area (Å²) in [7, 11) is 6.36. The number of hydrogen-bond donors (Lipinski definition) is 0. The molecule has 0 saturated carbocycles. The van der Waals surface area contributed by atoms with E-state index in [9.17, 15) is 4.79 Å². The Hall–Kier alpha value is -1.40. The molecule has 1 atom stereocenters. The van der Waals surface area contributed by atoms with Crippen molar-refractivity contribution in [2.45, 2.75) is 44.6 Å². The number of imidazole rings is 1. The summed E-state index contributed by atoms with van der Waals surface area (Å²) in [5.74, 6) is 2.29. The summed E-state index contributed by atoms with van der Waals surface area (Å²) < 4.78 is 2.32. The highest BCUT2D eigenvalue weighted by atomic mass is 16.2. The lowest BCUT2D eigenvalue weighted by molar-refractivity contribution is -0.138. The van der Waals surface area contributed by atoms with E-state index in [-0.39, 0.29) is 5.92 Å².